The highest BCUT2D eigenvalue weighted by Crippen LogP contribution is 2.14. The van der Waals surface area contributed by atoms with E-state index in [0.29, 0.717) is 30.9 Å². The smallest absolute Gasteiger partial charge is 0.240 e. The zero-order valence-corrected chi connectivity index (χ0v) is 10.3. The highest BCUT2D eigenvalue weighted by molar-refractivity contribution is 4.85. The van der Waals surface area contributed by atoms with Crippen LogP contribution in [-0.4, -0.2) is 41.3 Å². The first-order valence-electron chi connectivity index (χ1n) is 6.09. The van der Waals surface area contributed by atoms with Crippen LogP contribution in [-0.2, 0) is 17.8 Å². The van der Waals surface area contributed by atoms with Gasteiger partial charge in [-0.05, 0) is 26.3 Å². The first kappa shape index (κ1) is 12.5. The van der Waals surface area contributed by atoms with Gasteiger partial charge in [0, 0.05) is 13.2 Å². The molecule has 6 heteroatoms. The molecule has 0 aliphatic carbocycles. The summed E-state index contributed by atoms with van der Waals surface area (Å²) >= 11 is 0. The molecule has 0 amide bonds. The van der Waals surface area contributed by atoms with Crippen LogP contribution in [0.3, 0.4) is 0 Å². The normalized spacial score (nSPS) is 21.0. The van der Waals surface area contributed by atoms with Crippen LogP contribution < -0.4 is 5.73 Å². The van der Waals surface area contributed by atoms with E-state index in [0.717, 1.165) is 19.6 Å². The molecule has 1 fully saturated rings. The van der Waals surface area contributed by atoms with Crippen molar-refractivity contribution in [2.45, 2.75) is 38.5 Å². The van der Waals surface area contributed by atoms with Crippen LogP contribution in [0, 0.1) is 0 Å². The number of likely N-dealkylation sites (N-methyl/N-ethyl adjacent to an activating group) is 1. The quantitative estimate of drug-likeness (QED) is 0.809. The van der Waals surface area contributed by atoms with E-state index in [4.69, 9.17) is 15.0 Å². The summed E-state index contributed by atoms with van der Waals surface area (Å²) in [6, 6.07) is 0. The van der Waals surface area contributed by atoms with E-state index in [1.807, 2.05) is 7.05 Å². The highest BCUT2D eigenvalue weighted by atomic mass is 16.5. The molecular formula is C11H20N4O2. The third-order valence-corrected chi connectivity index (χ3v) is 2.89. The van der Waals surface area contributed by atoms with Crippen LogP contribution in [0.1, 0.15) is 31.0 Å². The Hall–Kier alpha value is -0.980. The van der Waals surface area contributed by atoms with Gasteiger partial charge >= 0.3 is 0 Å². The van der Waals surface area contributed by atoms with Gasteiger partial charge in [-0.2, -0.15) is 4.98 Å². The summed E-state index contributed by atoms with van der Waals surface area (Å²) < 4.78 is 10.6. The van der Waals surface area contributed by atoms with Crippen molar-refractivity contribution in [1.29, 1.82) is 0 Å². The summed E-state index contributed by atoms with van der Waals surface area (Å²) in [5, 5.41) is 3.87. The molecule has 0 radical (unpaired) electrons. The lowest BCUT2D eigenvalue weighted by molar-refractivity contribution is -0.00299. The fourth-order valence-corrected chi connectivity index (χ4v) is 2.04. The zero-order chi connectivity index (χ0) is 12.1. The standard InChI is InChI=1S/C11H20N4O2/c1-15(7-9-4-2-3-5-16-9)8-10-13-11(6-12)17-14-10/h9H,2-8,12H2,1H3. The third-order valence-electron chi connectivity index (χ3n) is 2.89. The van der Waals surface area contributed by atoms with Crippen molar-refractivity contribution in [2.24, 2.45) is 5.73 Å². The minimum atomic E-state index is 0.294. The molecule has 1 unspecified atom stereocenters. The van der Waals surface area contributed by atoms with Gasteiger partial charge < -0.3 is 15.0 Å². The lowest BCUT2D eigenvalue weighted by Crippen LogP contribution is -2.33. The Morgan fingerprint density at radius 1 is 1.47 bits per heavy atom. The first-order chi connectivity index (χ1) is 8.28. The molecule has 2 N–H and O–H groups in total. The van der Waals surface area contributed by atoms with Crippen LogP contribution >= 0.6 is 0 Å². The fourth-order valence-electron chi connectivity index (χ4n) is 2.04. The van der Waals surface area contributed by atoms with E-state index in [2.05, 4.69) is 15.0 Å². The molecule has 0 bridgehead atoms. The Morgan fingerprint density at radius 2 is 2.35 bits per heavy atom. The Labute approximate surface area is 101 Å². The maximum absolute atomic E-state index is 5.69. The average Bonchev–Trinajstić information content (AvgIpc) is 2.78. The van der Waals surface area contributed by atoms with Crippen LogP contribution in [0.25, 0.3) is 0 Å². The van der Waals surface area contributed by atoms with Crippen LogP contribution in [0.4, 0.5) is 0 Å². The van der Waals surface area contributed by atoms with Gasteiger partial charge in [-0.25, -0.2) is 0 Å². The summed E-state index contributed by atoms with van der Waals surface area (Å²) in [5.74, 6) is 1.17. The molecule has 1 aliphatic rings. The molecule has 1 aromatic rings. The molecule has 0 saturated carbocycles. The predicted octanol–water partition coefficient (Wildman–Crippen LogP) is 0.529. The lowest BCUT2D eigenvalue weighted by atomic mass is 10.1. The van der Waals surface area contributed by atoms with E-state index in [9.17, 15) is 0 Å². The number of nitrogens with zero attached hydrogens (tertiary/aromatic N) is 3. The fraction of sp³-hybridized carbons (Fsp3) is 0.818. The van der Waals surface area contributed by atoms with Crippen molar-refractivity contribution in [2.75, 3.05) is 20.2 Å². The minimum absolute atomic E-state index is 0.294. The van der Waals surface area contributed by atoms with E-state index in [1.165, 1.54) is 12.8 Å². The Bertz CT molecular complexity index is 336. The van der Waals surface area contributed by atoms with Crippen LogP contribution in [0.5, 0.6) is 0 Å². The predicted molar refractivity (Wildman–Crippen MR) is 62.1 cm³/mol. The minimum Gasteiger partial charge on any atom is -0.377 e. The van der Waals surface area contributed by atoms with Crippen molar-refractivity contribution in [3.63, 3.8) is 0 Å². The lowest BCUT2D eigenvalue weighted by Gasteiger charge is -2.26. The van der Waals surface area contributed by atoms with Gasteiger partial charge in [-0.15, -0.1) is 0 Å². The number of rotatable bonds is 5. The molecule has 6 nitrogen and oxygen atoms in total. The number of hydrogen-bond acceptors (Lipinski definition) is 6. The summed E-state index contributed by atoms with van der Waals surface area (Å²) in [6.45, 7) is 2.76. The molecule has 0 spiro atoms. The number of hydrogen-bond donors (Lipinski definition) is 1. The van der Waals surface area contributed by atoms with E-state index in [-0.39, 0.29) is 0 Å². The van der Waals surface area contributed by atoms with Gasteiger partial charge in [0.2, 0.25) is 5.89 Å². The Balaban J connectivity index is 1.77. The summed E-state index contributed by atoms with van der Waals surface area (Å²) in [4.78, 5) is 6.33. The second-order valence-electron chi connectivity index (χ2n) is 4.49. The van der Waals surface area contributed by atoms with Gasteiger partial charge in [-0.3, -0.25) is 4.90 Å². The molecule has 1 saturated heterocycles. The topological polar surface area (TPSA) is 77.4 Å². The van der Waals surface area contributed by atoms with Crippen molar-refractivity contribution < 1.29 is 9.26 Å². The van der Waals surface area contributed by atoms with Gasteiger partial charge in [0.15, 0.2) is 5.82 Å². The first-order valence-corrected chi connectivity index (χ1v) is 6.09. The van der Waals surface area contributed by atoms with Crippen LogP contribution in [0.15, 0.2) is 4.52 Å². The Morgan fingerprint density at radius 3 is 3.00 bits per heavy atom. The average molecular weight is 240 g/mol. The van der Waals surface area contributed by atoms with E-state index < -0.39 is 0 Å². The molecule has 2 heterocycles. The van der Waals surface area contributed by atoms with Gasteiger partial charge in [0.25, 0.3) is 0 Å². The molecule has 0 aromatic carbocycles. The number of aromatic nitrogens is 2. The van der Waals surface area contributed by atoms with Crippen molar-refractivity contribution in [1.82, 2.24) is 15.0 Å². The third kappa shape index (κ3) is 3.76. The largest absolute Gasteiger partial charge is 0.377 e. The Kier molecular flexibility index (Phi) is 4.47. The molecule has 1 aromatic heterocycles. The molecule has 1 aliphatic heterocycles. The zero-order valence-electron chi connectivity index (χ0n) is 10.3. The second-order valence-corrected chi connectivity index (χ2v) is 4.49. The summed E-state index contributed by atoms with van der Waals surface area (Å²) in [5.41, 5.74) is 5.41. The van der Waals surface area contributed by atoms with Gasteiger partial charge in [-0.1, -0.05) is 5.16 Å². The molecule has 1 atom stereocenters. The number of nitrogens with two attached hydrogens (primary N) is 1. The van der Waals surface area contributed by atoms with E-state index in [1.54, 1.807) is 0 Å². The van der Waals surface area contributed by atoms with E-state index >= 15 is 0 Å². The maximum atomic E-state index is 5.69. The maximum Gasteiger partial charge on any atom is 0.240 e. The molecular weight excluding hydrogens is 220 g/mol. The van der Waals surface area contributed by atoms with Crippen LogP contribution in [0.2, 0.25) is 0 Å². The molecule has 2 rings (SSSR count). The van der Waals surface area contributed by atoms with Crippen molar-refractivity contribution in [3.05, 3.63) is 11.7 Å². The summed E-state index contributed by atoms with van der Waals surface area (Å²) in [7, 11) is 2.04. The summed E-state index contributed by atoms with van der Waals surface area (Å²) in [6.07, 6.45) is 3.93. The van der Waals surface area contributed by atoms with Gasteiger partial charge in [0.1, 0.15) is 0 Å². The van der Waals surface area contributed by atoms with Gasteiger partial charge in [0.05, 0.1) is 19.2 Å². The molecule has 96 valence electrons. The monoisotopic (exact) mass is 240 g/mol. The molecule has 17 heavy (non-hydrogen) atoms. The van der Waals surface area contributed by atoms with Crippen molar-refractivity contribution >= 4 is 0 Å². The van der Waals surface area contributed by atoms with Crippen molar-refractivity contribution in [3.8, 4) is 0 Å². The SMILES string of the molecule is CN(Cc1noc(CN)n1)CC1CCCCO1. The second kappa shape index (κ2) is 6.09. The number of ether oxygens (including phenoxy) is 1. The highest BCUT2D eigenvalue weighted by Gasteiger charge is 2.17.